The van der Waals surface area contributed by atoms with Crippen molar-refractivity contribution in [2.24, 2.45) is 0 Å². The minimum absolute atomic E-state index is 0.0812. The Balaban J connectivity index is 1.56. The molecule has 8 heteroatoms. The molecule has 1 saturated carbocycles. The number of ether oxygens (including phenoxy) is 1. The molecule has 0 aliphatic heterocycles. The molecule has 2 aliphatic carbocycles. The summed E-state index contributed by atoms with van der Waals surface area (Å²) in [6.07, 6.45) is 1.66. The van der Waals surface area contributed by atoms with Crippen molar-refractivity contribution in [2.75, 3.05) is 5.32 Å². The first-order valence-corrected chi connectivity index (χ1v) is 12.4. The quantitative estimate of drug-likeness (QED) is 0.493. The summed E-state index contributed by atoms with van der Waals surface area (Å²) in [5.41, 5.74) is 1.53. The van der Waals surface area contributed by atoms with Crippen molar-refractivity contribution in [3.05, 3.63) is 64.7 Å². The number of amides is 2. The van der Waals surface area contributed by atoms with Crippen LogP contribution in [-0.4, -0.2) is 47.3 Å². The van der Waals surface area contributed by atoms with E-state index in [1.54, 1.807) is 70.2 Å². The number of alkyl carbamates (subject to hydrolysis) is 1. The Hall–Kier alpha value is -3.68. The highest BCUT2D eigenvalue weighted by atomic mass is 16.6. The van der Waals surface area contributed by atoms with Crippen molar-refractivity contribution in [1.29, 1.82) is 0 Å². The van der Waals surface area contributed by atoms with E-state index in [1.807, 2.05) is 0 Å². The van der Waals surface area contributed by atoms with E-state index in [9.17, 15) is 19.2 Å². The molecule has 1 fully saturated rings. The Kier molecular flexibility index (Phi) is 7.15. The lowest BCUT2D eigenvalue weighted by molar-refractivity contribution is -0.121. The van der Waals surface area contributed by atoms with E-state index >= 15 is 0 Å². The third-order valence-corrected chi connectivity index (χ3v) is 6.53. The molecular formula is C28H33N3O5. The summed E-state index contributed by atoms with van der Waals surface area (Å²) in [6, 6.07) is 11.4. The number of carbonyl (C=O) groups excluding carboxylic acids is 4. The fourth-order valence-corrected chi connectivity index (χ4v) is 4.89. The number of anilines is 1. The molecule has 2 unspecified atom stereocenters. The van der Waals surface area contributed by atoms with Gasteiger partial charge in [-0.15, -0.1) is 0 Å². The molecule has 0 heterocycles. The van der Waals surface area contributed by atoms with Gasteiger partial charge in [0.25, 0.3) is 0 Å². The molecule has 36 heavy (non-hydrogen) atoms. The fourth-order valence-electron chi connectivity index (χ4n) is 4.89. The zero-order valence-corrected chi connectivity index (χ0v) is 21.1. The molecule has 2 aromatic carbocycles. The van der Waals surface area contributed by atoms with Crippen LogP contribution < -0.4 is 16.0 Å². The van der Waals surface area contributed by atoms with Gasteiger partial charge in [-0.3, -0.25) is 14.4 Å². The molecular weight excluding hydrogens is 458 g/mol. The van der Waals surface area contributed by atoms with Gasteiger partial charge in [0, 0.05) is 40.9 Å². The summed E-state index contributed by atoms with van der Waals surface area (Å²) in [7, 11) is 0. The number of ketones is 2. The Morgan fingerprint density at radius 1 is 0.889 bits per heavy atom. The summed E-state index contributed by atoms with van der Waals surface area (Å²) >= 11 is 0. The predicted molar refractivity (Wildman–Crippen MR) is 136 cm³/mol. The van der Waals surface area contributed by atoms with Gasteiger partial charge in [0.05, 0.1) is 11.6 Å². The average Bonchev–Trinajstić information content (AvgIpc) is 2.82. The van der Waals surface area contributed by atoms with Crippen molar-refractivity contribution in [3.8, 4) is 0 Å². The van der Waals surface area contributed by atoms with Crippen LogP contribution in [0.2, 0.25) is 0 Å². The Morgan fingerprint density at radius 2 is 1.56 bits per heavy atom. The van der Waals surface area contributed by atoms with Gasteiger partial charge in [-0.2, -0.15) is 0 Å². The highest BCUT2D eigenvalue weighted by Crippen LogP contribution is 2.33. The molecule has 0 saturated heterocycles. The van der Waals surface area contributed by atoms with Crippen LogP contribution in [0, 0.1) is 0 Å². The Labute approximate surface area is 211 Å². The van der Waals surface area contributed by atoms with Gasteiger partial charge in [0.1, 0.15) is 5.60 Å². The fraction of sp³-hybridized carbons (Fsp3) is 0.429. The van der Waals surface area contributed by atoms with Gasteiger partial charge in [-0.25, -0.2) is 4.79 Å². The van der Waals surface area contributed by atoms with Crippen molar-refractivity contribution < 1.29 is 23.9 Å². The lowest BCUT2D eigenvalue weighted by Crippen LogP contribution is -2.56. The minimum atomic E-state index is -0.648. The highest BCUT2D eigenvalue weighted by molar-refractivity contribution is 6.30. The van der Waals surface area contributed by atoms with Crippen LogP contribution in [0.15, 0.2) is 42.5 Å². The summed E-state index contributed by atoms with van der Waals surface area (Å²) in [5.74, 6) is -0.433. The second-order valence-corrected chi connectivity index (χ2v) is 10.4. The van der Waals surface area contributed by atoms with E-state index in [2.05, 4.69) is 16.0 Å². The molecule has 0 spiro atoms. The molecule has 8 nitrogen and oxygen atoms in total. The Bertz CT molecular complexity index is 1200. The molecule has 190 valence electrons. The van der Waals surface area contributed by atoms with Crippen LogP contribution in [-0.2, 0) is 9.53 Å². The number of benzene rings is 2. The molecule has 2 aromatic rings. The third-order valence-electron chi connectivity index (χ3n) is 6.53. The maximum absolute atomic E-state index is 13.4. The second kappa shape index (κ2) is 10.1. The van der Waals surface area contributed by atoms with E-state index in [4.69, 9.17) is 4.74 Å². The number of hydrogen-bond donors (Lipinski definition) is 3. The zero-order chi connectivity index (χ0) is 26.0. The van der Waals surface area contributed by atoms with Crippen molar-refractivity contribution >= 4 is 29.3 Å². The van der Waals surface area contributed by atoms with Gasteiger partial charge < -0.3 is 20.7 Å². The van der Waals surface area contributed by atoms with Crippen molar-refractivity contribution in [1.82, 2.24) is 10.6 Å². The SMILES string of the molecule is CCC(=O)NC1CCC(Nc2cccc3c2C(=O)c2ccccc2C3=O)C[C@H]1NC(=O)OC(C)(C)C. The second-order valence-electron chi connectivity index (χ2n) is 10.4. The first-order valence-electron chi connectivity index (χ1n) is 12.4. The van der Waals surface area contributed by atoms with Crippen LogP contribution in [0.1, 0.15) is 85.2 Å². The summed E-state index contributed by atoms with van der Waals surface area (Å²) in [5, 5.41) is 9.39. The molecule has 2 aliphatic rings. The van der Waals surface area contributed by atoms with E-state index < -0.39 is 11.7 Å². The van der Waals surface area contributed by atoms with Gasteiger partial charge in [-0.1, -0.05) is 43.3 Å². The number of rotatable bonds is 5. The molecule has 4 rings (SSSR count). The normalized spacial score (nSPS) is 21.2. The standard InChI is InChI=1S/C28H33N3O5/c1-5-23(32)30-20-14-13-16(15-22(20)31-27(35)36-28(2,3)4)29-21-12-8-11-19-24(21)26(34)18-10-7-6-9-17(18)25(19)33/h6-12,16,20,22,29H,5,13-15H2,1-4H3,(H,30,32)(H,31,35)/t16?,20?,22-/m1/s1. The van der Waals surface area contributed by atoms with E-state index in [0.29, 0.717) is 53.6 Å². The molecule has 2 amide bonds. The molecule has 0 radical (unpaired) electrons. The lowest BCUT2D eigenvalue weighted by atomic mass is 9.82. The van der Waals surface area contributed by atoms with Crippen LogP contribution in [0.4, 0.5) is 10.5 Å². The van der Waals surface area contributed by atoms with E-state index in [0.717, 1.165) is 0 Å². The van der Waals surface area contributed by atoms with E-state index in [1.165, 1.54) is 0 Å². The average molecular weight is 492 g/mol. The van der Waals surface area contributed by atoms with Crippen molar-refractivity contribution in [2.45, 2.75) is 77.1 Å². The van der Waals surface area contributed by atoms with Crippen molar-refractivity contribution in [3.63, 3.8) is 0 Å². The molecule has 3 N–H and O–H groups in total. The Morgan fingerprint density at radius 3 is 2.22 bits per heavy atom. The predicted octanol–water partition coefficient (Wildman–Crippen LogP) is 4.21. The highest BCUT2D eigenvalue weighted by Gasteiger charge is 2.36. The van der Waals surface area contributed by atoms with Crippen LogP contribution in [0.25, 0.3) is 0 Å². The number of fused-ring (bicyclic) bond motifs is 2. The number of nitrogens with one attached hydrogen (secondary N) is 3. The first kappa shape index (κ1) is 25.4. The van der Waals surface area contributed by atoms with E-state index in [-0.39, 0.29) is 35.6 Å². The smallest absolute Gasteiger partial charge is 0.407 e. The molecule has 0 bridgehead atoms. The summed E-state index contributed by atoms with van der Waals surface area (Å²) in [4.78, 5) is 51.1. The van der Waals surface area contributed by atoms with Gasteiger partial charge in [-0.05, 0) is 46.1 Å². The number of hydrogen-bond acceptors (Lipinski definition) is 6. The number of carbonyl (C=O) groups is 4. The maximum atomic E-state index is 13.4. The zero-order valence-electron chi connectivity index (χ0n) is 21.1. The summed E-state index contributed by atoms with van der Waals surface area (Å²) < 4.78 is 5.44. The van der Waals surface area contributed by atoms with Gasteiger partial charge >= 0.3 is 6.09 Å². The maximum Gasteiger partial charge on any atom is 0.407 e. The first-order chi connectivity index (χ1) is 17.1. The van der Waals surface area contributed by atoms with Gasteiger partial charge in [0.15, 0.2) is 11.6 Å². The summed E-state index contributed by atoms with van der Waals surface area (Å²) in [6.45, 7) is 7.17. The van der Waals surface area contributed by atoms with Crippen LogP contribution in [0.5, 0.6) is 0 Å². The van der Waals surface area contributed by atoms with Crippen LogP contribution >= 0.6 is 0 Å². The lowest BCUT2D eigenvalue weighted by Gasteiger charge is -2.38. The van der Waals surface area contributed by atoms with Crippen LogP contribution in [0.3, 0.4) is 0 Å². The topological polar surface area (TPSA) is 114 Å². The monoisotopic (exact) mass is 491 g/mol. The van der Waals surface area contributed by atoms with Gasteiger partial charge in [0.2, 0.25) is 5.91 Å². The largest absolute Gasteiger partial charge is 0.444 e. The molecule has 3 atom stereocenters. The molecule has 0 aromatic heterocycles. The minimum Gasteiger partial charge on any atom is -0.444 e. The third kappa shape index (κ3) is 5.42.